The highest BCUT2D eigenvalue weighted by atomic mass is 32.2. The van der Waals surface area contributed by atoms with Crippen LogP contribution in [0, 0.1) is 0 Å². The lowest BCUT2D eigenvalue weighted by Crippen LogP contribution is -2.39. The number of anilines is 1. The Labute approximate surface area is 126 Å². The van der Waals surface area contributed by atoms with Gasteiger partial charge < -0.3 is 10.6 Å². The van der Waals surface area contributed by atoms with Crippen molar-refractivity contribution in [1.29, 1.82) is 0 Å². The highest BCUT2D eigenvalue weighted by Crippen LogP contribution is 2.36. The highest BCUT2D eigenvalue weighted by Gasteiger charge is 2.29. The average Bonchev–Trinajstić information content (AvgIpc) is 2.84. The summed E-state index contributed by atoms with van der Waals surface area (Å²) >= 11 is 1.92. The second-order valence-corrected chi connectivity index (χ2v) is 8.25. The molecule has 1 heterocycles. The molecule has 4 nitrogen and oxygen atoms in total. The van der Waals surface area contributed by atoms with E-state index in [1.807, 2.05) is 11.8 Å². The van der Waals surface area contributed by atoms with Crippen molar-refractivity contribution < 1.29 is 9.00 Å². The monoisotopic (exact) mass is 312 g/mol. The fraction of sp³-hybridized carbons (Fsp3) is 0.500. The molecular formula is C14H20N2O2S2. The highest BCUT2D eigenvalue weighted by molar-refractivity contribution is 8.00. The van der Waals surface area contributed by atoms with Crippen molar-refractivity contribution >= 4 is 34.3 Å². The van der Waals surface area contributed by atoms with Crippen molar-refractivity contribution in [3.05, 3.63) is 24.3 Å². The normalized spacial score (nSPS) is 23.3. The minimum Gasteiger partial charge on any atom is -0.336 e. The van der Waals surface area contributed by atoms with Gasteiger partial charge in [-0.2, -0.15) is 11.8 Å². The van der Waals surface area contributed by atoms with Crippen LogP contribution < -0.4 is 10.6 Å². The lowest BCUT2D eigenvalue weighted by Gasteiger charge is -2.22. The van der Waals surface area contributed by atoms with Gasteiger partial charge in [0.2, 0.25) is 0 Å². The third-order valence-electron chi connectivity index (χ3n) is 3.35. The molecular weight excluding hydrogens is 292 g/mol. The first-order valence-corrected chi connectivity index (χ1v) is 9.15. The van der Waals surface area contributed by atoms with Crippen LogP contribution in [-0.2, 0) is 10.8 Å². The van der Waals surface area contributed by atoms with Gasteiger partial charge in [-0.15, -0.1) is 0 Å². The lowest BCUT2D eigenvalue weighted by atomic mass is 10.1. The molecule has 2 rings (SSSR count). The smallest absolute Gasteiger partial charge is 0.319 e. The molecule has 1 aliphatic heterocycles. The van der Waals surface area contributed by atoms with E-state index in [4.69, 9.17) is 0 Å². The SMILES string of the molecule is C[S@@](=O)c1cccc(NC(=O)NC[C@]2(C)CCCS2)c1. The Bertz CT molecular complexity index is 514. The first kappa shape index (κ1) is 15.4. The molecule has 2 atom stereocenters. The maximum atomic E-state index is 11.9. The van der Waals surface area contributed by atoms with Gasteiger partial charge in [-0.05, 0) is 43.7 Å². The first-order valence-electron chi connectivity index (χ1n) is 6.61. The van der Waals surface area contributed by atoms with E-state index in [-0.39, 0.29) is 10.8 Å². The Kier molecular flexibility index (Phi) is 5.10. The van der Waals surface area contributed by atoms with Gasteiger partial charge in [0, 0.05) is 38.9 Å². The molecule has 20 heavy (non-hydrogen) atoms. The van der Waals surface area contributed by atoms with E-state index in [0.29, 0.717) is 17.1 Å². The summed E-state index contributed by atoms with van der Waals surface area (Å²) in [5.74, 6) is 1.17. The predicted octanol–water partition coefficient (Wildman–Crippen LogP) is 2.83. The van der Waals surface area contributed by atoms with E-state index >= 15 is 0 Å². The van der Waals surface area contributed by atoms with Crippen LogP contribution in [-0.4, -0.2) is 33.5 Å². The Hall–Kier alpha value is -1.01. The van der Waals surface area contributed by atoms with E-state index in [1.54, 1.807) is 30.5 Å². The number of thioether (sulfide) groups is 1. The fourth-order valence-corrected chi connectivity index (χ4v) is 3.98. The van der Waals surface area contributed by atoms with Crippen molar-refractivity contribution in [2.24, 2.45) is 0 Å². The summed E-state index contributed by atoms with van der Waals surface area (Å²) in [6.07, 6.45) is 3.98. The lowest BCUT2D eigenvalue weighted by molar-refractivity contribution is 0.251. The van der Waals surface area contributed by atoms with Gasteiger partial charge in [0.05, 0.1) is 0 Å². The molecule has 0 spiro atoms. The molecule has 0 saturated carbocycles. The van der Waals surface area contributed by atoms with E-state index in [2.05, 4.69) is 17.6 Å². The largest absolute Gasteiger partial charge is 0.336 e. The summed E-state index contributed by atoms with van der Waals surface area (Å²) in [5.41, 5.74) is 0.666. The Balaban J connectivity index is 1.88. The Morgan fingerprint density at radius 1 is 1.50 bits per heavy atom. The molecule has 6 heteroatoms. The van der Waals surface area contributed by atoms with E-state index in [9.17, 15) is 9.00 Å². The number of hydrogen-bond donors (Lipinski definition) is 2. The van der Waals surface area contributed by atoms with Crippen LogP contribution in [0.3, 0.4) is 0 Å². The van der Waals surface area contributed by atoms with E-state index in [0.717, 1.165) is 6.42 Å². The summed E-state index contributed by atoms with van der Waals surface area (Å²) in [7, 11) is -1.04. The van der Waals surface area contributed by atoms with Gasteiger partial charge in [0.1, 0.15) is 0 Å². The molecule has 0 radical (unpaired) electrons. The Morgan fingerprint density at radius 3 is 2.95 bits per heavy atom. The standard InChI is InChI=1S/C14H20N2O2S2/c1-14(7-4-8-19-14)10-15-13(17)16-11-5-3-6-12(9-11)20(2)18/h3,5-6,9H,4,7-8,10H2,1-2H3,(H2,15,16,17)/t14-,20+/m0/s1. The van der Waals surface area contributed by atoms with Gasteiger partial charge in [0.25, 0.3) is 0 Å². The summed E-state index contributed by atoms with van der Waals surface area (Å²) < 4.78 is 11.6. The molecule has 1 aromatic rings. The number of nitrogens with one attached hydrogen (secondary N) is 2. The van der Waals surface area contributed by atoms with Crippen molar-refractivity contribution in [2.75, 3.05) is 23.9 Å². The van der Waals surface area contributed by atoms with Crippen LogP contribution in [0.15, 0.2) is 29.2 Å². The zero-order valence-corrected chi connectivity index (χ0v) is 13.4. The van der Waals surface area contributed by atoms with Crippen LogP contribution >= 0.6 is 11.8 Å². The van der Waals surface area contributed by atoms with Crippen molar-refractivity contribution in [3.8, 4) is 0 Å². The molecule has 1 saturated heterocycles. The topological polar surface area (TPSA) is 58.2 Å². The molecule has 2 amide bonds. The quantitative estimate of drug-likeness (QED) is 0.899. The third kappa shape index (κ3) is 4.24. The fourth-order valence-electron chi connectivity index (χ4n) is 2.17. The Morgan fingerprint density at radius 2 is 2.30 bits per heavy atom. The van der Waals surface area contributed by atoms with Crippen LogP contribution in [0.5, 0.6) is 0 Å². The molecule has 110 valence electrons. The van der Waals surface area contributed by atoms with E-state index < -0.39 is 10.8 Å². The summed E-state index contributed by atoms with van der Waals surface area (Å²) in [4.78, 5) is 12.6. The van der Waals surface area contributed by atoms with Crippen LogP contribution in [0.4, 0.5) is 10.5 Å². The molecule has 0 unspecified atom stereocenters. The minimum atomic E-state index is -1.04. The van der Waals surface area contributed by atoms with E-state index in [1.165, 1.54) is 12.2 Å². The van der Waals surface area contributed by atoms with Gasteiger partial charge in [-0.25, -0.2) is 4.79 Å². The first-order chi connectivity index (χ1) is 9.48. The van der Waals surface area contributed by atoms with Crippen molar-refractivity contribution in [1.82, 2.24) is 5.32 Å². The number of hydrogen-bond acceptors (Lipinski definition) is 3. The zero-order chi connectivity index (χ0) is 14.6. The molecule has 1 aromatic carbocycles. The third-order valence-corrected chi connectivity index (χ3v) is 5.80. The van der Waals surface area contributed by atoms with Gasteiger partial charge >= 0.3 is 6.03 Å². The van der Waals surface area contributed by atoms with Crippen molar-refractivity contribution in [3.63, 3.8) is 0 Å². The molecule has 1 fully saturated rings. The minimum absolute atomic E-state index is 0.157. The van der Waals surface area contributed by atoms with Gasteiger partial charge in [-0.1, -0.05) is 6.07 Å². The number of carbonyl (C=O) groups excluding carboxylic acids is 1. The number of benzene rings is 1. The zero-order valence-electron chi connectivity index (χ0n) is 11.8. The maximum absolute atomic E-state index is 11.9. The number of carbonyl (C=O) groups is 1. The molecule has 2 N–H and O–H groups in total. The number of rotatable bonds is 4. The molecule has 1 aliphatic rings. The van der Waals surface area contributed by atoms with Gasteiger partial charge in [0.15, 0.2) is 0 Å². The summed E-state index contributed by atoms with van der Waals surface area (Å²) in [5, 5.41) is 5.70. The van der Waals surface area contributed by atoms with Crippen LogP contribution in [0.2, 0.25) is 0 Å². The summed E-state index contributed by atoms with van der Waals surface area (Å²) in [6.45, 7) is 2.86. The molecule has 0 aromatic heterocycles. The second-order valence-electron chi connectivity index (χ2n) is 5.19. The number of amides is 2. The van der Waals surface area contributed by atoms with Crippen molar-refractivity contribution in [2.45, 2.75) is 29.4 Å². The predicted molar refractivity (Wildman–Crippen MR) is 85.9 cm³/mol. The number of urea groups is 1. The molecule has 0 bridgehead atoms. The molecule has 0 aliphatic carbocycles. The second kappa shape index (κ2) is 6.63. The summed E-state index contributed by atoms with van der Waals surface area (Å²) in [6, 6.07) is 6.90. The van der Waals surface area contributed by atoms with Crippen LogP contribution in [0.1, 0.15) is 19.8 Å². The van der Waals surface area contributed by atoms with Crippen LogP contribution in [0.25, 0.3) is 0 Å². The maximum Gasteiger partial charge on any atom is 0.319 e. The average molecular weight is 312 g/mol. The van der Waals surface area contributed by atoms with Gasteiger partial charge in [-0.3, -0.25) is 4.21 Å².